The number of hydrogen-bond donors (Lipinski definition) is 0. The lowest BCUT2D eigenvalue weighted by atomic mass is 10.1. The number of alkyl halides is 3. The molecule has 63 valence electrons. The van der Waals surface area contributed by atoms with Crippen molar-refractivity contribution in [3.63, 3.8) is 0 Å². The van der Waals surface area contributed by atoms with Crippen LogP contribution < -0.4 is 0 Å². The molecule has 1 aliphatic rings. The molecule has 0 saturated carbocycles. The zero-order chi connectivity index (χ0) is 8.32. The van der Waals surface area contributed by atoms with Gasteiger partial charge in [0.25, 0.3) is 0 Å². The third kappa shape index (κ3) is 3.41. The Labute approximate surface area is 62.8 Å². The molecule has 1 radical (unpaired) electrons. The van der Waals surface area contributed by atoms with E-state index in [1.54, 1.807) is 6.08 Å². The van der Waals surface area contributed by atoms with Crippen LogP contribution in [0.5, 0.6) is 0 Å². The summed E-state index contributed by atoms with van der Waals surface area (Å²) >= 11 is 0. The van der Waals surface area contributed by atoms with Crippen LogP contribution in [-0.4, -0.2) is 12.5 Å². The Morgan fingerprint density at radius 1 is 1.45 bits per heavy atom. The SMILES string of the molecule is FC(F)(F)OC1CC=[C]CC1. The molecule has 0 aromatic carbocycles. The lowest BCUT2D eigenvalue weighted by Crippen LogP contribution is -2.24. The second-order valence-electron chi connectivity index (χ2n) is 2.37. The van der Waals surface area contributed by atoms with Crippen molar-refractivity contribution < 1.29 is 17.9 Å². The van der Waals surface area contributed by atoms with Crippen molar-refractivity contribution in [1.29, 1.82) is 0 Å². The minimum Gasteiger partial charge on any atom is -0.288 e. The summed E-state index contributed by atoms with van der Waals surface area (Å²) in [6, 6.07) is 0. The average molecular weight is 165 g/mol. The van der Waals surface area contributed by atoms with E-state index in [0.717, 1.165) is 0 Å². The lowest BCUT2D eigenvalue weighted by Gasteiger charge is -2.19. The first-order valence-electron chi connectivity index (χ1n) is 3.37. The molecule has 4 heteroatoms. The summed E-state index contributed by atoms with van der Waals surface area (Å²) in [5.41, 5.74) is 0. The average Bonchev–Trinajstić information content (AvgIpc) is 1.85. The van der Waals surface area contributed by atoms with Crippen molar-refractivity contribution in [2.75, 3.05) is 0 Å². The van der Waals surface area contributed by atoms with Crippen LogP contribution in [0, 0.1) is 6.08 Å². The minimum absolute atomic E-state index is 0.319. The Bertz CT molecular complexity index is 150. The standard InChI is InChI=1S/C7H8F3O/c8-7(9,10)11-6-4-2-1-3-5-6/h2,6H,3-5H2. The van der Waals surface area contributed by atoms with Gasteiger partial charge in [0, 0.05) is 0 Å². The van der Waals surface area contributed by atoms with Gasteiger partial charge in [-0.15, -0.1) is 13.2 Å². The fraction of sp³-hybridized carbons (Fsp3) is 0.714. The molecule has 0 saturated heterocycles. The topological polar surface area (TPSA) is 9.23 Å². The third-order valence-corrected chi connectivity index (χ3v) is 1.44. The Morgan fingerprint density at radius 3 is 2.64 bits per heavy atom. The molecule has 0 fully saturated rings. The van der Waals surface area contributed by atoms with Crippen LogP contribution in [0.1, 0.15) is 19.3 Å². The summed E-state index contributed by atoms with van der Waals surface area (Å²) in [6.07, 6.45) is 0.525. The zero-order valence-corrected chi connectivity index (χ0v) is 5.82. The van der Waals surface area contributed by atoms with Crippen LogP contribution in [0.4, 0.5) is 13.2 Å². The quantitative estimate of drug-likeness (QED) is 0.579. The summed E-state index contributed by atoms with van der Waals surface area (Å²) in [7, 11) is 0. The minimum atomic E-state index is -4.49. The first-order chi connectivity index (χ1) is 5.08. The normalized spacial score (nSPS) is 25.5. The van der Waals surface area contributed by atoms with E-state index in [0.29, 0.717) is 19.3 Å². The maximum absolute atomic E-state index is 11.6. The van der Waals surface area contributed by atoms with E-state index in [9.17, 15) is 13.2 Å². The maximum Gasteiger partial charge on any atom is 0.522 e. The van der Waals surface area contributed by atoms with Crippen LogP contribution in [-0.2, 0) is 4.74 Å². The maximum atomic E-state index is 11.6. The van der Waals surface area contributed by atoms with Gasteiger partial charge in [-0.25, -0.2) is 0 Å². The highest BCUT2D eigenvalue weighted by Crippen LogP contribution is 2.24. The van der Waals surface area contributed by atoms with Crippen molar-refractivity contribution >= 4 is 0 Å². The van der Waals surface area contributed by atoms with Gasteiger partial charge < -0.3 is 0 Å². The number of halogens is 3. The lowest BCUT2D eigenvalue weighted by molar-refractivity contribution is -0.343. The fourth-order valence-corrected chi connectivity index (χ4v) is 0.975. The van der Waals surface area contributed by atoms with Gasteiger partial charge in [-0.05, 0) is 25.3 Å². The molecular formula is C7H8F3O. The van der Waals surface area contributed by atoms with Gasteiger partial charge in [-0.2, -0.15) is 0 Å². The highest BCUT2D eigenvalue weighted by atomic mass is 19.4. The van der Waals surface area contributed by atoms with Crippen LogP contribution in [0.2, 0.25) is 0 Å². The highest BCUT2D eigenvalue weighted by Gasteiger charge is 2.33. The first kappa shape index (κ1) is 8.59. The molecule has 1 nitrogen and oxygen atoms in total. The molecule has 1 aliphatic carbocycles. The number of ether oxygens (including phenoxy) is 1. The number of rotatable bonds is 1. The van der Waals surface area contributed by atoms with E-state index < -0.39 is 12.5 Å². The molecule has 1 unspecified atom stereocenters. The van der Waals surface area contributed by atoms with Crippen molar-refractivity contribution in [1.82, 2.24) is 0 Å². The number of allylic oxidation sites excluding steroid dienone is 1. The predicted molar refractivity (Wildman–Crippen MR) is 32.6 cm³/mol. The van der Waals surface area contributed by atoms with E-state index in [-0.39, 0.29) is 0 Å². The molecule has 0 amide bonds. The van der Waals surface area contributed by atoms with Gasteiger partial charge in [-0.3, -0.25) is 4.74 Å². The Hall–Kier alpha value is -0.510. The Balaban J connectivity index is 2.32. The van der Waals surface area contributed by atoms with Crippen molar-refractivity contribution in [3.05, 3.63) is 12.2 Å². The van der Waals surface area contributed by atoms with Gasteiger partial charge in [0.2, 0.25) is 0 Å². The predicted octanol–water partition coefficient (Wildman–Crippen LogP) is 2.43. The second kappa shape index (κ2) is 3.26. The third-order valence-electron chi connectivity index (χ3n) is 1.44. The molecule has 0 N–H and O–H groups in total. The van der Waals surface area contributed by atoms with E-state index >= 15 is 0 Å². The molecule has 0 aromatic heterocycles. The van der Waals surface area contributed by atoms with Crippen LogP contribution in [0.15, 0.2) is 6.08 Å². The molecular weight excluding hydrogens is 157 g/mol. The first-order valence-corrected chi connectivity index (χ1v) is 3.37. The molecule has 1 atom stereocenters. The summed E-state index contributed by atoms with van der Waals surface area (Å²) in [4.78, 5) is 0. The van der Waals surface area contributed by atoms with Crippen molar-refractivity contribution in [2.24, 2.45) is 0 Å². The van der Waals surface area contributed by atoms with Gasteiger partial charge >= 0.3 is 6.36 Å². The Kier molecular flexibility index (Phi) is 2.54. The summed E-state index contributed by atoms with van der Waals surface area (Å²) < 4.78 is 38.6. The van der Waals surface area contributed by atoms with Gasteiger partial charge in [0.05, 0.1) is 6.10 Å². The summed E-state index contributed by atoms with van der Waals surface area (Å²) in [6.45, 7) is 0. The molecule has 11 heavy (non-hydrogen) atoms. The molecule has 0 heterocycles. The van der Waals surface area contributed by atoms with E-state index in [1.165, 1.54) is 0 Å². The van der Waals surface area contributed by atoms with E-state index in [4.69, 9.17) is 0 Å². The monoisotopic (exact) mass is 165 g/mol. The molecule has 0 aliphatic heterocycles. The van der Waals surface area contributed by atoms with Crippen LogP contribution >= 0.6 is 0 Å². The molecule has 0 bridgehead atoms. The smallest absolute Gasteiger partial charge is 0.288 e. The van der Waals surface area contributed by atoms with Crippen molar-refractivity contribution in [3.8, 4) is 0 Å². The summed E-state index contributed by atoms with van der Waals surface area (Å²) in [5.74, 6) is 0. The Morgan fingerprint density at radius 2 is 2.18 bits per heavy atom. The van der Waals surface area contributed by atoms with E-state index in [2.05, 4.69) is 10.8 Å². The molecule has 1 rings (SSSR count). The largest absolute Gasteiger partial charge is 0.522 e. The van der Waals surface area contributed by atoms with E-state index in [1.807, 2.05) is 0 Å². The number of hydrogen-bond acceptors (Lipinski definition) is 1. The molecule has 0 spiro atoms. The molecule has 0 aromatic rings. The summed E-state index contributed by atoms with van der Waals surface area (Å²) in [5, 5.41) is 0. The van der Waals surface area contributed by atoms with Gasteiger partial charge in [-0.1, -0.05) is 6.08 Å². The highest BCUT2D eigenvalue weighted by molar-refractivity contribution is 4.84. The van der Waals surface area contributed by atoms with Gasteiger partial charge in [0.1, 0.15) is 0 Å². The second-order valence-corrected chi connectivity index (χ2v) is 2.37. The zero-order valence-electron chi connectivity index (χ0n) is 5.82. The van der Waals surface area contributed by atoms with Gasteiger partial charge in [0.15, 0.2) is 0 Å². The van der Waals surface area contributed by atoms with Crippen LogP contribution in [0.3, 0.4) is 0 Å². The van der Waals surface area contributed by atoms with Crippen molar-refractivity contribution in [2.45, 2.75) is 31.7 Å². The fourth-order valence-electron chi connectivity index (χ4n) is 0.975. The van der Waals surface area contributed by atoms with Crippen LogP contribution in [0.25, 0.3) is 0 Å².